The molecule has 0 radical (unpaired) electrons. The van der Waals surface area contributed by atoms with E-state index in [1.54, 1.807) is 47.3 Å². The molecule has 1 heterocycles. The minimum Gasteiger partial charge on any atom is -0.343 e. The smallest absolute Gasteiger partial charge is 0.343 e. The van der Waals surface area contributed by atoms with Gasteiger partial charge < -0.3 is 15.2 Å². The predicted octanol–water partition coefficient (Wildman–Crippen LogP) is 4.38. The second-order valence-electron chi connectivity index (χ2n) is 6.04. The second kappa shape index (κ2) is 7.55. The fraction of sp³-hybridized carbons (Fsp3) is 0.158. The molecule has 5 nitrogen and oxygen atoms in total. The van der Waals surface area contributed by atoms with Crippen LogP contribution >= 0.6 is 11.6 Å². The molecule has 0 aliphatic carbocycles. The summed E-state index contributed by atoms with van der Waals surface area (Å²) in [5.74, 6) is -1.53. The highest BCUT2D eigenvalue weighted by molar-refractivity contribution is 6.39. The summed E-state index contributed by atoms with van der Waals surface area (Å²) >= 11 is 6.34. The number of amides is 2. The van der Waals surface area contributed by atoms with Gasteiger partial charge in [-0.3, -0.25) is 9.59 Å². The Labute approximate surface area is 163 Å². The number of halogens is 4. The summed E-state index contributed by atoms with van der Waals surface area (Å²) < 4.78 is 38.7. The lowest BCUT2D eigenvalue weighted by Crippen LogP contribution is -2.34. The van der Waals surface area contributed by atoms with Gasteiger partial charge >= 0.3 is 6.18 Å². The maximum Gasteiger partial charge on any atom is 0.405 e. The molecule has 28 heavy (non-hydrogen) atoms. The van der Waals surface area contributed by atoms with Crippen LogP contribution in [-0.2, 0) is 7.05 Å². The molecule has 3 aromatic rings. The first kappa shape index (κ1) is 19.8. The van der Waals surface area contributed by atoms with Gasteiger partial charge in [0.05, 0.1) is 16.3 Å². The maximum atomic E-state index is 12.8. The number of hydrogen-bond donors (Lipinski definition) is 2. The van der Waals surface area contributed by atoms with Crippen LogP contribution in [0.2, 0.25) is 5.02 Å². The monoisotopic (exact) mass is 409 g/mol. The van der Waals surface area contributed by atoms with Crippen LogP contribution < -0.4 is 10.6 Å². The summed E-state index contributed by atoms with van der Waals surface area (Å²) in [6.07, 6.45) is -4.54. The van der Waals surface area contributed by atoms with Gasteiger partial charge in [0.1, 0.15) is 12.2 Å². The van der Waals surface area contributed by atoms with E-state index in [-0.39, 0.29) is 22.0 Å². The lowest BCUT2D eigenvalue weighted by atomic mass is 10.1. The van der Waals surface area contributed by atoms with Crippen molar-refractivity contribution in [3.8, 4) is 0 Å². The van der Waals surface area contributed by atoms with Crippen LogP contribution in [-0.4, -0.2) is 29.1 Å². The summed E-state index contributed by atoms with van der Waals surface area (Å²) in [5.41, 5.74) is 0.908. The number of nitrogens with zero attached hydrogens (tertiary/aromatic N) is 1. The van der Waals surface area contributed by atoms with Gasteiger partial charge in [0.2, 0.25) is 0 Å². The Kier molecular flexibility index (Phi) is 5.33. The summed E-state index contributed by atoms with van der Waals surface area (Å²) in [4.78, 5) is 24.9. The standard InChI is InChI=1S/C19H15ClF3N3O2/c1-26-14-9-5-3-7-12(14)15(20)16(26)18(28)25-13-8-4-2-6-11(13)17(27)24-10-19(21,22)23/h2-9H,10H2,1H3,(H,24,27)(H,25,28). The van der Waals surface area contributed by atoms with Gasteiger partial charge in [-0.25, -0.2) is 0 Å². The van der Waals surface area contributed by atoms with E-state index in [1.807, 2.05) is 0 Å². The van der Waals surface area contributed by atoms with Gasteiger partial charge in [0.15, 0.2) is 0 Å². The average Bonchev–Trinajstić information content (AvgIpc) is 2.91. The van der Waals surface area contributed by atoms with Gasteiger partial charge in [-0.2, -0.15) is 13.2 Å². The van der Waals surface area contributed by atoms with Gasteiger partial charge in [0, 0.05) is 18.0 Å². The summed E-state index contributed by atoms with van der Waals surface area (Å²) in [5, 5.41) is 5.28. The van der Waals surface area contributed by atoms with Gasteiger partial charge in [-0.1, -0.05) is 41.9 Å². The van der Waals surface area contributed by atoms with Gasteiger partial charge in [0.25, 0.3) is 11.8 Å². The summed E-state index contributed by atoms with van der Waals surface area (Å²) in [6, 6.07) is 13.0. The lowest BCUT2D eigenvalue weighted by Gasteiger charge is -2.13. The molecule has 0 aliphatic rings. The number of aromatic nitrogens is 1. The number of carbonyl (C=O) groups is 2. The fourth-order valence-electron chi connectivity index (χ4n) is 2.85. The molecule has 0 aliphatic heterocycles. The number of aryl methyl sites for hydroxylation is 1. The normalized spacial score (nSPS) is 11.5. The molecule has 0 bridgehead atoms. The number of nitrogens with one attached hydrogen (secondary N) is 2. The van der Waals surface area contributed by atoms with Crippen molar-refractivity contribution in [3.63, 3.8) is 0 Å². The van der Waals surface area contributed by atoms with E-state index in [0.29, 0.717) is 5.39 Å². The van der Waals surface area contributed by atoms with Crippen molar-refractivity contribution in [2.24, 2.45) is 7.05 Å². The van der Waals surface area contributed by atoms with Crippen LogP contribution in [0, 0.1) is 0 Å². The van der Waals surface area contributed by atoms with E-state index in [1.165, 1.54) is 18.2 Å². The zero-order valence-corrected chi connectivity index (χ0v) is 15.4. The van der Waals surface area contributed by atoms with Crippen LogP contribution in [0.15, 0.2) is 48.5 Å². The molecule has 2 amide bonds. The van der Waals surface area contributed by atoms with Crippen molar-refractivity contribution in [3.05, 3.63) is 64.8 Å². The van der Waals surface area contributed by atoms with Crippen LogP contribution in [0.3, 0.4) is 0 Å². The van der Waals surface area contributed by atoms with Crippen molar-refractivity contribution in [2.75, 3.05) is 11.9 Å². The van der Waals surface area contributed by atoms with E-state index in [4.69, 9.17) is 11.6 Å². The van der Waals surface area contributed by atoms with Crippen molar-refractivity contribution < 1.29 is 22.8 Å². The first-order valence-electron chi connectivity index (χ1n) is 8.17. The lowest BCUT2D eigenvalue weighted by molar-refractivity contribution is -0.123. The number of benzene rings is 2. The number of anilines is 1. The van der Waals surface area contributed by atoms with Crippen molar-refractivity contribution in [2.45, 2.75) is 6.18 Å². The minimum absolute atomic E-state index is 0.0773. The SMILES string of the molecule is Cn1c(C(=O)Nc2ccccc2C(=O)NCC(F)(F)F)c(Cl)c2ccccc21. The molecule has 1 aromatic heterocycles. The zero-order chi connectivity index (χ0) is 20.5. The zero-order valence-electron chi connectivity index (χ0n) is 14.6. The van der Waals surface area contributed by atoms with Crippen LogP contribution in [0.4, 0.5) is 18.9 Å². The van der Waals surface area contributed by atoms with E-state index >= 15 is 0 Å². The average molecular weight is 410 g/mol. The molecule has 0 saturated heterocycles. The molecule has 3 rings (SSSR count). The summed E-state index contributed by atoms with van der Waals surface area (Å²) in [7, 11) is 1.67. The van der Waals surface area contributed by atoms with E-state index < -0.39 is 24.5 Å². The highest BCUT2D eigenvalue weighted by Gasteiger charge is 2.28. The highest BCUT2D eigenvalue weighted by Crippen LogP contribution is 2.30. The molecule has 146 valence electrons. The molecule has 0 fully saturated rings. The van der Waals surface area contributed by atoms with Crippen molar-refractivity contribution in [1.82, 2.24) is 9.88 Å². The van der Waals surface area contributed by atoms with E-state index in [0.717, 1.165) is 5.52 Å². The predicted molar refractivity (Wildman–Crippen MR) is 101 cm³/mol. The number of alkyl halides is 3. The number of para-hydroxylation sites is 2. The van der Waals surface area contributed by atoms with Crippen LogP contribution in [0.5, 0.6) is 0 Å². The maximum absolute atomic E-state index is 12.8. The van der Waals surface area contributed by atoms with Gasteiger partial charge in [-0.05, 0) is 18.2 Å². The Morgan fingerprint density at radius 1 is 1.04 bits per heavy atom. The number of hydrogen-bond acceptors (Lipinski definition) is 2. The van der Waals surface area contributed by atoms with Crippen LogP contribution in [0.25, 0.3) is 10.9 Å². The van der Waals surface area contributed by atoms with E-state index in [2.05, 4.69) is 5.32 Å². The Morgan fingerprint density at radius 3 is 2.36 bits per heavy atom. The molecular formula is C19H15ClF3N3O2. The van der Waals surface area contributed by atoms with Crippen LogP contribution in [0.1, 0.15) is 20.8 Å². The van der Waals surface area contributed by atoms with Crippen molar-refractivity contribution >= 4 is 40.0 Å². The second-order valence-corrected chi connectivity index (χ2v) is 6.41. The molecule has 0 spiro atoms. The topological polar surface area (TPSA) is 63.1 Å². The third-order valence-corrected chi connectivity index (χ3v) is 4.51. The molecule has 0 atom stereocenters. The Hall–Kier alpha value is -3.00. The van der Waals surface area contributed by atoms with E-state index in [9.17, 15) is 22.8 Å². The third kappa shape index (κ3) is 3.96. The Bertz CT molecular complexity index is 1020. The number of fused-ring (bicyclic) bond motifs is 1. The number of carbonyl (C=O) groups excluding carboxylic acids is 2. The molecule has 2 aromatic carbocycles. The quantitative estimate of drug-likeness (QED) is 0.672. The summed E-state index contributed by atoms with van der Waals surface area (Å²) in [6.45, 7) is -1.47. The van der Waals surface area contributed by atoms with Crippen molar-refractivity contribution in [1.29, 1.82) is 0 Å². The Morgan fingerprint density at radius 2 is 1.68 bits per heavy atom. The highest BCUT2D eigenvalue weighted by atomic mass is 35.5. The third-order valence-electron chi connectivity index (χ3n) is 4.13. The minimum atomic E-state index is -4.54. The molecule has 0 saturated carbocycles. The number of rotatable bonds is 4. The largest absolute Gasteiger partial charge is 0.405 e. The molecular weight excluding hydrogens is 395 g/mol. The van der Waals surface area contributed by atoms with Gasteiger partial charge in [-0.15, -0.1) is 0 Å². The molecule has 0 unspecified atom stereocenters. The fourth-order valence-corrected chi connectivity index (χ4v) is 3.22. The molecule has 9 heteroatoms. The first-order chi connectivity index (χ1) is 13.2. The Balaban J connectivity index is 1.89. The first-order valence-corrected chi connectivity index (χ1v) is 8.55. The molecule has 2 N–H and O–H groups in total.